The summed E-state index contributed by atoms with van der Waals surface area (Å²) in [5, 5.41) is 0. The van der Waals surface area contributed by atoms with Crippen LogP contribution in [0.25, 0.3) is 0 Å². The summed E-state index contributed by atoms with van der Waals surface area (Å²) < 4.78 is 0. The Morgan fingerprint density at radius 1 is 0.658 bits per heavy atom. The molecule has 0 aromatic heterocycles. The molecule has 0 radical (unpaired) electrons. The molecule has 1 fully saturated rings. The van der Waals surface area contributed by atoms with Crippen molar-refractivity contribution in [3.05, 3.63) is 58.7 Å². The molecule has 0 atom stereocenters. The van der Waals surface area contributed by atoms with Gasteiger partial charge in [0.25, 0.3) is 0 Å². The van der Waals surface area contributed by atoms with Crippen molar-refractivity contribution in [3.63, 3.8) is 0 Å². The van der Waals surface area contributed by atoms with E-state index in [0.717, 1.165) is 23.7 Å². The highest BCUT2D eigenvalue weighted by Crippen LogP contribution is 2.37. The first-order chi connectivity index (χ1) is 18.1. The summed E-state index contributed by atoms with van der Waals surface area (Å²) in [7, 11) is 0. The molecule has 0 N–H and O–H groups in total. The number of benzene rings is 2. The molecule has 0 spiro atoms. The molecule has 0 saturated heterocycles. The van der Waals surface area contributed by atoms with Crippen LogP contribution in [0.5, 0.6) is 0 Å². The molecule has 1 saturated carbocycles. The molecule has 0 bridgehead atoms. The number of rotatable bonds is 12. The molecule has 0 unspecified atom stereocenters. The first kappa shape index (κ1) is 30.3. The fourth-order valence-electron chi connectivity index (χ4n) is 5.99. The standard InChI is InChI=1S/C36H54N2/c1-24(2)30-19-14-20-31(25(3)4)35(30)37-28(9)34(23-13-12-18-29-16-10-11-17-29)38-36-32(26(5)6)21-15-22-33(36)27(7)8/h14-15,19-22,24-27,29H,10-13,16-18,23H2,1-9H3. The summed E-state index contributed by atoms with van der Waals surface area (Å²) in [5.74, 6) is 2.68. The van der Waals surface area contributed by atoms with Crippen LogP contribution in [0, 0.1) is 5.92 Å². The molecule has 2 aromatic rings. The molecule has 2 nitrogen and oxygen atoms in total. The topological polar surface area (TPSA) is 24.7 Å². The fraction of sp³-hybridized carbons (Fsp3) is 0.611. The monoisotopic (exact) mass is 514 g/mol. The summed E-state index contributed by atoms with van der Waals surface area (Å²) in [5.41, 5.74) is 9.95. The van der Waals surface area contributed by atoms with Crippen LogP contribution in [0.4, 0.5) is 11.4 Å². The molecule has 2 aromatic carbocycles. The lowest BCUT2D eigenvalue weighted by Crippen LogP contribution is -2.12. The highest BCUT2D eigenvalue weighted by atomic mass is 14.8. The highest BCUT2D eigenvalue weighted by Gasteiger charge is 2.19. The molecule has 0 aliphatic heterocycles. The molecule has 38 heavy (non-hydrogen) atoms. The number of hydrogen-bond acceptors (Lipinski definition) is 2. The van der Waals surface area contributed by atoms with E-state index in [1.165, 1.54) is 78.6 Å². The molecule has 3 rings (SSSR count). The molecule has 208 valence electrons. The van der Waals surface area contributed by atoms with Gasteiger partial charge in [-0.15, -0.1) is 0 Å². The molecule has 0 heterocycles. The minimum atomic E-state index is 0.432. The van der Waals surface area contributed by atoms with Crippen molar-refractivity contribution in [2.75, 3.05) is 0 Å². The van der Waals surface area contributed by atoms with E-state index in [9.17, 15) is 0 Å². The molecular formula is C36H54N2. The summed E-state index contributed by atoms with van der Waals surface area (Å²) in [6, 6.07) is 13.5. The second-order valence-electron chi connectivity index (χ2n) is 12.8. The Bertz CT molecular complexity index is 1040. The zero-order chi connectivity index (χ0) is 27.8. The van der Waals surface area contributed by atoms with Gasteiger partial charge in [-0.25, -0.2) is 0 Å². The van der Waals surface area contributed by atoms with E-state index in [1.54, 1.807) is 0 Å². The molecule has 0 amide bonds. The first-order valence-corrected chi connectivity index (χ1v) is 15.5. The van der Waals surface area contributed by atoms with E-state index in [4.69, 9.17) is 9.98 Å². The third-order valence-corrected chi connectivity index (χ3v) is 8.38. The van der Waals surface area contributed by atoms with Gasteiger partial charge >= 0.3 is 0 Å². The van der Waals surface area contributed by atoms with Crippen molar-refractivity contribution in [3.8, 4) is 0 Å². The summed E-state index contributed by atoms with van der Waals surface area (Å²) in [4.78, 5) is 10.9. The largest absolute Gasteiger partial charge is 0.251 e. The maximum atomic E-state index is 5.50. The Hall–Kier alpha value is -2.22. The van der Waals surface area contributed by atoms with E-state index in [0.29, 0.717) is 23.7 Å². The van der Waals surface area contributed by atoms with Crippen LogP contribution in [0.2, 0.25) is 0 Å². The lowest BCUT2D eigenvalue weighted by molar-refractivity contribution is 0.477. The van der Waals surface area contributed by atoms with Crippen LogP contribution in [0.15, 0.2) is 46.4 Å². The van der Waals surface area contributed by atoms with Crippen molar-refractivity contribution >= 4 is 22.8 Å². The predicted octanol–water partition coefficient (Wildman–Crippen LogP) is 11.8. The first-order valence-electron chi connectivity index (χ1n) is 15.5. The van der Waals surface area contributed by atoms with Gasteiger partial charge in [0.2, 0.25) is 0 Å². The highest BCUT2D eigenvalue weighted by molar-refractivity contribution is 6.42. The van der Waals surface area contributed by atoms with E-state index in [-0.39, 0.29) is 0 Å². The zero-order valence-corrected chi connectivity index (χ0v) is 25.9. The van der Waals surface area contributed by atoms with Crippen LogP contribution < -0.4 is 0 Å². The quantitative estimate of drug-likeness (QED) is 0.199. The minimum absolute atomic E-state index is 0.432. The van der Waals surface area contributed by atoms with Gasteiger partial charge in [0.1, 0.15) is 0 Å². The lowest BCUT2D eigenvalue weighted by atomic mass is 9.92. The average Bonchev–Trinajstić information content (AvgIpc) is 3.38. The second kappa shape index (κ2) is 14.2. The van der Waals surface area contributed by atoms with E-state index >= 15 is 0 Å². The van der Waals surface area contributed by atoms with Crippen LogP contribution in [-0.2, 0) is 0 Å². The van der Waals surface area contributed by atoms with Crippen LogP contribution in [0.3, 0.4) is 0 Å². The minimum Gasteiger partial charge on any atom is -0.251 e. The Labute approximate surface area is 234 Å². The molecular weight excluding hydrogens is 460 g/mol. The summed E-state index contributed by atoms with van der Waals surface area (Å²) in [6.45, 7) is 20.5. The smallest absolute Gasteiger partial charge is 0.0702 e. The average molecular weight is 515 g/mol. The van der Waals surface area contributed by atoms with Crippen molar-refractivity contribution in [2.24, 2.45) is 15.9 Å². The Morgan fingerprint density at radius 3 is 1.50 bits per heavy atom. The lowest BCUT2D eigenvalue weighted by Gasteiger charge is -2.19. The Morgan fingerprint density at radius 2 is 1.08 bits per heavy atom. The Kier molecular flexibility index (Phi) is 11.4. The Balaban J connectivity index is 2.07. The van der Waals surface area contributed by atoms with Crippen molar-refractivity contribution < 1.29 is 0 Å². The van der Waals surface area contributed by atoms with Gasteiger partial charge in [-0.05, 0) is 71.6 Å². The van der Waals surface area contributed by atoms with Gasteiger partial charge < -0.3 is 0 Å². The van der Waals surface area contributed by atoms with Gasteiger partial charge in [0.15, 0.2) is 0 Å². The normalized spacial score (nSPS) is 15.6. The zero-order valence-electron chi connectivity index (χ0n) is 25.9. The van der Waals surface area contributed by atoms with E-state index in [2.05, 4.69) is 98.7 Å². The van der Waals surface area contributed by atoms with Crippen LogP contribution in [-0.4, -0.2) is 11.4 Å². The number of unbranched alkanes of at least 4 members (excludes halogenated alkanes) is 1. The van der Waals surface area contributed by atoms with E-state index < -0.39 is 0 Å². The van der Waals surface area contributed by atoms with Gasteiger partial charge in [-0.3, -0.25) is 9.98 Å². The maximum absolute atomic E-state index is 5.50. The van der Waals surface area contributed by atoms with Gasteiger partial charge in [-0.1, -0.05) is 130 Å². The van der Waals surface area contributed by atoms with Gasteiger partial charge in [0.05, 0.1) is 22.8 Å². The molecule has 1 aliphatic carbocycles. The number of hydrogen-bond donors (Lipinski definition) is 0. The molecule has 1 aliphatic rings. The van der Waals surface area contributed by atoms with Crippen molar-refractivity contribution in [1.29, 1.82) is 0 Å². The van der Waals surface area contributed by atoms with Crippen molar-refractivity contribution in [1.82, 2.24) is 0 Å². The van der Waals surface area contributed by atoms with Crippen LogP contribution >= 0.6 is 0 Å². The van der Waals surface area contributed by atoms with Crippen molar-refractivity contribution in [2.45, 2.75) is 137 Å². The third kappa shape index (κ3) is 7.90. The maximum Gasteiger partial charge on any atom is 0.0702 e. The van der Waals surface area contributed by atoms with Gasteiger partial charge in [-0.2, -0.15) is 0 Å². The van der Waals surface area contributed by atoms with E-state index in [1.807, 2.05) is 0 Å². The van der Waals surface area contributed by atoms with Gasteiger partial charge in [0, 0.05) is 0 Å². The third-order valence-electron chi connectivity index (χ3n) is 8.38. The molecule has 2 heteroatoms. The number of para-hydroxylation sites is 2. The summed E-state index contributed by atoms with van der Waals surface area (Å²) >= 11 is 0. The fourth-order valence-corrected chi connectivity index (χ4v) is 5.99. The SMILES string of the molecule is CC(=Nc1c(C(C)C)cccc1C(C)C)C(CCCCC1CCCC1)=Nc1c(C(C)C)cccc1C(C)C. The predicted molar refractivity (Wildman–Crippen MR) is 170 cm³/mol. The number of nitrogens with zero attached hydrogens (tertiary/aromatic N) is 2. The van der Waals surface area contributed by atoms with Crippen LogP contribution in [0.1, 0.15) is 160 Å². The number of aliphatic imine (C=N–C) groups is 2. The second-order valence-corrected chi connectivity index (χ2v) is 12.8. The summed E-state index contributed by atoms with van der Waals surface area (Å²) in [6.07, 6.45) is 10.6.